The Morgan fingerprint density at radius 3 is 2.80 bits per heavy atom. The number of rotatable bonds is 4. The van der Waals surface area contributed by atoms with Crippen molar-refractivity contribution >= 4 is 11.9 Å². The fourth-order valence-electron chi connectivity index (χ4n) is 2.48. The van der Waals surface area contributed by atoms with Crippen molar-refractivity contribution in [3.63, 3.8) is 0 Å². The Bertz CT molecular complexity index is 528. The maximum absolute atomic E-state index is 11.8. The summed E-state index contributed by atoms with van der Waals surface area (Å²) in [5.41, 5.74) is 3.55. The molecule has 0 saturated carbocycles. The van der Waals surface area contributed by atoms with Crippen LogP contribution in [0.1, 0.15) is 23.1 Å². The highest BCUT2D eigenvalue weighted by Gasteiger charge is 2.31. The molecule has 108 valence electrons. The maximum atomic E-state index is 11.8. The molecule has 1 aromatic carbocycles. The fourth-order valence-corrected chi connectivity index (χ4v) is 2.48. The van der Waals surface area contributed by atoms with Gasteiger partial charge in [0.15, 0.2) is 0 Å². The van der Waals surface area contributed by atoms with E-state index in [0.717, 1.165) is 5.56 Å². The second-order valence-electron chi connectivity index (χ2n) is 5.29. The predicted molar refractivity (Wildman–Crippen MR) is 75.4 cm³/mol. The zero-order chi connectivity index (χ0) is 14.7. The number of carboxylic acids is 1. The van der Waals surface area contributed by atoms with Crippen LogP contribution in [0.25, 0.3) is 0 Å². The Hall–Kier alpha value is -1.88. The summed E-state index contributed by atoms with van der Waals surface area (Å²) in [5, 5.41) is 11.7. The zero-order valence-corrected chi connectivity index (χ0v) is 11.8. The molecule has 2 N–H and O–H groups in total. The van der Waals surface area contributed by atoms with Crippen molar-refractivity contribution in [1.29, 1.82) is 0 Å². The zero-order valence-electron chi connectivity index (χ0n) is 11.8. The Balaban J connectivity index is 2.13. The van der Waals surface area contributed by atoms with E-state index in [0.29, 0.717) is 19.6 Å². The number of nitrogens with one attached hydrogen (secondary N) is 1. The molecule has 1 amide bonds. The molecule has 1 aromatic rings. The van der Waals surface area contributed by atoms with Gasteiger partial charge in [0.05, 0.1) is 6.42 Å². The van der Waals surface area contributed by atoms with E-state index in [1.807, 2.05) is 11.0 Å². The normalized spacial score (nSPS) is 19.7. The van der Waals surface area contributed by atoms with Crippen LogP contribution in [-0.2, 0) is 16.1 Å². The van der Waals surface area contributed by atoms with E-state index in [9.17, 15) is 9.59 Å². The molecule has 20 heavy (non-hydrogen) atoms. The first-order valence-electron chi connectivity index (χ1n) is 6.77. The average molecular weight is 276 g/mol. The van der Waals surface area contributed by atoms with Gasteiger partial charge >= 0.3 is 5.97 Å². The summed E-state index contributed by atoms with van der Waals surface area (Å²) in [7, 11) is 0. The van der Waals surface area contributed by atoms with Crippen LogP contribution >= 0.6 is 0 Å². The number of piperazine rings is 1. The van der Waals surface area contributed by atoms with E-state index in [4.69, 9.17) is 5.11 Å². The van der Waals surface area contributed by atoms with Gasteiger partial charge in [0, 0.05) is 19.6 Å². The minimum absolute atomic E-state index is 0.156. The molecule has 1 heterocycles. The minimum Gasteiger partial charge on any atom is -0.481 e. The lowest BCUT2D eigenvalue weighted by Crippen LogP contribution is -2.55. The van der Waals surface area contributed by atoms with Crippen molar-refractivity contribution in [1.82, 2.24) is 10.2 Å². The first-order valence-corrected chi connectivity index (χ1v) is 6.77. The fraction of sp³-hybridized carbons (Fsp3) is 0.467. The molecular weight excluding hydrogens is 256 g/mol. The quantitative estimate of drug-likeness (QED) is 0.863. The number of aliphatic carboxylic acids is 1. The van der Waals surface area contributed by atoms with E-state index in [1.54, 1.807) is 0 Å². The van der Waals surface area contributed by atoms with Crippen LogP contribution in [-0.4, -0.2) is 41.0 Å². The Kier molecular flexibility index (Phi) is 4.39. The van der Waals surface area contributed by atoms with Crippen LogP contribution in [0.3, 0.4) is 0 Å². The summed E-state index contributed by atoms with van der Waals surface area (Å²) in [4.78, 5) is 24.7. The van der Waals surface area contributed by atoms with Gasteiger partial charge in [0.25, 0.3) is 0 Å². The molecular formula is C15H20N2O3. The maximum Gasteiger partial charge on any atom is 0.305 e. The van der Waals surface area contributed by atoms with Crippen LogP contribution in [0.15, 0.2) is 18.2 Å². The molecule has 2 rings (SSSR count). The lowest BCUT2D eigenvalue weighted by molar-refractivity contribution is -0.143. The number of nitrogens with zero attached hydrogens (tertiary/aromatic N) is 1. The number of carboxylic acid groups (broad SMARTS) is 1. The Morgan fingerprint density at radius 2 is 2.15 bits per heavy atom. The molecule has 0 bridgehead atoms. The largest absolute Gasteiger partial charge is 0.481 e. The summed E-state index contributed by atoms with van der Waals surface area (Å²) in [5.74, 6) is -1.14. The average Bonchev–Trinajstić information content (AvgIpc) is 2.38. The molecule has 1 aliphatic heterocycles. The third-order valence-corrected chi connectivity index (χ3v) is 3.77. The number of benzene rings is 1. The standard InChI is InChI=1S/C15H20N2O3/c1-10-3-4-12(7-11(10)2)9-17-6-5-16-15(20)13(17)8-14(18)19/h3-4,7,13H,5-6,8-9H2,1-2H3,(H,16,20)(H,18,19). The summed E-state index contributed by atoms with van der Waals surface area (Å²) in [6.45, 7) is 5.96. The van der Waals surface area contributed by atoms with Gasteiger partial charge < -0.3 is 10.4 Å². The van der Waals surface area contributed by atoms with E-state index in [1.165, 1.54) is 11.1 Å². The van der Waals surface area contributed by atoms with Crippen molar-refractivity contribution in [2.45, 2.75) is 32.9 Å². The van der Waals surface area contributed by atoms with Gasteiger partial charge in [-0.15, -0.1) is 0 Å². The smallest absolute Gasteiger partial charge is 0.305 e. The third kappa shape index (κ3) is 3.36. The van der Waals surface area contributed by atoms with Crippen molar-refractivity contribution < 1.29 is 14.7 Å². The van der Waals surface area contributed by atoms with E-state index >= 15 is 0 Å². The summed E-state index contributed by atoms with van der Waals surface area (Å²) in [6, 6.07) is 5.61. The SMILES string of the molecule is Cc1ccc(CN2CCNC(=O)C2CC(=O)O)cc1C. The van der Waals surface area contributed by atoms with Gasteiger partial charge in [-0.1, -0.05) is 18.2 Å². The Morgan fingerprint density at radius 1 is 1.40 bits per heavy atom. The second kappa shape index (κ2) is 6.05. The minimum atomic E-state index is -0.947. The number of hydrogen-bond donors (Lipinski definition) is 2. The molecule has 0 radical (unpaired) electrons. The summed E-state index contributed by atoms with van der Waals surface area (Å²) in [6.07, 6.45) is -0.156. The highest BCUT2D eigenvalue weighted by Crippen LogP contribution is 2.16. The van der Waals surface area contributed by atoms with Gasteiger partial charge in [-0.25, -0.2) is 0 Å². The van der Waals surface area contributed by atoms with Gasteiger partial charge in [-0.2, -0.15) is 0 Å². The first kappa shape index (κ1) is 14.5. The molecule has 5 nitrogen and oxygen atoms in total. The third-order valence-electron chi connectivity index (χ3n) is 3.77. The van der Waals surface area contributed by atoms with Crippen molar-refractivity contribution in [3.05, 3.63) is 34.9 Å². The van der Waals surface area contributed by atoms with Crippen LogP contribution in [0.2, 0.25) is 0 Å². The first-order chi connectivity index (χ1) is 9.47. The van der Waals surface area contributed by atoms with Gasteiger partial charge in [-0.05, 0) is 30.5 Å². The van der Waals surface area contributed by atoms with Gasteiger partial charge in [0.1, 0.15) is 6.04 Å². The number of hydrogen-bond acceptors (Lipinski definition) is 3. The van der Waals surface area contributed by atoms with Gasteiger partial charge in [-0.3, -0.25) is 14.5 Å². The molecule has 0 spiro atoms. The number of carbonyl (C=O) groups excluding carboxylic acids is 1. The number of aryl methyl sites for hydroxylation is 2. The molecule has 0 aliphatic carbocycles. The predicted octanol–water partition coefficient (Wildman–Crippen LogP) is 1.08. The summed E-state index contributed by atoms with van der Waals surface area (Å²) >= 11 is 0. The molecule has 5 heteroatoms. The monoisotopic (exact) mass is 276 g/mol. The Labute approximate surface area is 118 Å². The molecule has 1 saturated heterocycles. The molecule has 1 unspecified atom stereocenters. The van der Waals surface area contributed by atoms with Crippen LogP contribution < -0.4 is 5.32 Å². The van der Waals surface area contributed by atoms with E-state index < -0.39 is 12.0 Å². The van der Waals surface area contributed by atoms with Crippen LogP contribution in [0.5, 0.6) is 0 Å². The van der Waals surface area contributed by atoms with Gasteiger partial charge in [0.2, 0.25) is 5.91 Å². The number of amides is 1. The van der Waals surface area contributed by atoms with Crippen LogP contribution in [0, 0.1) is 13.8 Å². The van der Waals surface area contributed by atoms with E-state index in [-0.39, 0.29) is 12.3 Å². The molecule has 1 atom stereocenters. The van der Waals surface area contributed by atoms with Crippen molar-refractivity contribution in [3.8, 4) is 0 Å². The van der Waals surface area contributed by atoms with Crippen LogP contribution in [0.4, 0.5) is 0 Å². The lowest BCUT2D eigenvalue weighted by Gasteiger charge is -2.34. The summed E-state index contributed by atoms with van der Waals surface area (Å²) < 4.78 is 0. The molecule has 1 aliphatic rings. The number of carbonyl (C=O) groups is 2. The highest BCUT2D eigenvalue weighted by molar-refractivity contribution is 5.86. The van der Waals surface area contributed by atoms with E-state index in [2.05, 4.69) is 31.3 Å². The topological polar surface area (TPSA) is 69.6 Å². The van der Waals surface area contributed by atoms with Crippen molar-refractivity contribution in [2.24, 2.45) is 0 Å². The molecule has 1 fully saturated rings. The molecule has 0 aromatic heterocycles. The second-order valence-corrected chi connectivity index (χ2v) is 5.29. The lowest BCUT2D eigenvalue weighted by atomic mass is 10.0. The van der Waals surface area contributed by atoms with Crippen molar-refractivity contribution in [2.75, 3.05) is 13.1 Å². The highest BCUT2D eigenvalue weighted by atomic mass is 16.4.